The Bertz CT molecular complexity index is 1050. The number of hydrogen-bond donors (Lipinski definition) is 0. The fraction of sp³-hybridized carbons (Fsp3) is 0.190. The van der Waals surface area contributed by atoms with E-state index in [4.69, 9.17) is 4.52 Å². The van der Waals surface area contributed by atoms with E-state index >= 15 is 0 Å². The van der Waals surface area contributed by atoms with Gasteiger partial charge in [0.2, 0.25) is 0 Å². The van der Waals surface area contributed by atoms with Gasteiger partial charge in [0.05, 0.1) is 23.8 Å². The summed E-state index contributed by atoms with van der Waals surface area (Å²) in [6.07, 6.45) is 3.50. The Kier molecular flexibility index (Phi) is 4.24. The molecule has 2 aromatic heterocycles. The van der Waals surface area contributed by atoms with Crippen LogP contribution in [0.1, 0.15) is 17.0 Å². The van der Waals surface area contributed by atoms with Crippen molar-refractivity contribution in [3.8, 4) is 16.8 Å². The Hall–Kier alpha value is -3.41. The van der Waals surface area contributed by atoms with Crippen LogP contribution in [0.4, 0.5) is 11.4 Å². The van der Waals surface area contributed by atoms with E-state index in [1.165, 1.54) is 5.56 Å². The maximum Gasteiger partial charge on any atom is 0.141 e. The standard InChI is InChI=1S/C21H21N5O/c1-14-5-6-17(21-15(2)23-27-16(21)3)13-20(14)25(4)18-7-9-19(10-8-18)26-12-11-22-24-26/h5-13H,1-4H3. The quantitative estimate of drug-likeness (QED) is 0.532. The highest BCUT2D eigenvalue weighted by atomic mass is 16.5. The molecule has 0 bridgehead atoms. The van der Waals surface area contributed by atoms with Crippen molar-refractivity contribution >= 4 is 11.4 Å². The molecule has 4 rings (SSSR count). The average Bonchev–Trinajstić information content (AvgIpc) is 3.32. The van der Waals surface area contributed by atoms with Gasteiger partial charge in [0, 0.05) is 24.0 Å². The first-order chi connectivity index (χ1) is 13.0. The first kappa shape index (κ1) is 17.0. The van der Waals surface area contributed by atoms with Crippen LogP contribution in [0.5, 0.6) is 0 Å². The Morgan fingerprint density at radius 1 is 1.00 bits per heavy atom. The third-order valence-electron chi connectivity index (χ3n) is 4.82. The van der Waals surface area contributed by atoms with E-state index in [0.29, 0.717) is 0 Å². The third kappa shape index (κ3) is 3.10. The van der Waals surface area contributed by atoms with Crippen LogP contribution in [0, 0.1) is 20.8 Å². The number of aromatic nitrogens is 4. The summed E-state index contributed by atoms with van der Waals surface area (Å²) in [4.78, 5) is 2.18. The molecule has 0 aliphatic carbocycles. The summed E-state index contributed by atoms with van der Waals surface area (Å²) in [5.41, 5.74) is 7.49. The van der Waals surface area contributed by atoms with Gasteiger partial charge in [-0.3, -0.25) is 0 Å². The lowest BCUT2D eigenvalue weighted by atomic mass is 10.0. The lowest BCUT2D eigenvalue weighted by Crippen LogP contribution is -2.11. The van der Waals surface area contributed by atoms with Crippen LogP contribution >= 0.6 is 0 Å². The minimum atomic E-state index is 0.835. The van der Waals surface area contributed by atoms with Gasteiger partial charge in [0.15, 0.2) is 0 Å². The van der Waals surface area contributed by atoms with E-state index < -0.39 is 0 Å². The summed E-state index contributed by atoms with van der Waals surface area (Å²) < 4.78 is 7.08. The van der Waals surface area contributed by atoms with Gasteiger partial charge in [-0.1, -0.05) is 22.5 Å². The lowest BCUT2D eigenvalue weighted by molar-refractivity contribution is 0.393. The van der Waals surface area contributed by atoms with Crippen molar-refractivity contribution in [2.24, 2.45) is 0 Å². The zero-order chi connectivity index (χ0) is 19.0. The molecule has 0 saturated carbocycles. The highest BCUT2D eigenvalue weighted by Gasteiger charge is 2.15. The predicted molar refractivity (Wildman–Crippen MR) is 106 cm³/mol. The number of nitrogens with zero attached hydrogens (tertiary/aromatic N) is 5. The van der Waals surface area contributed by atoms with Gasteiger partial charge in [-0.15, -0.1) is 5.10 Å². The molecule has 2 heterocycles. The van der Waals surface area contributed by atoms with Crippen molar-refractivity contribution in [2.75, 3.05) is 11.9 Å². The molecule has 27 heavy (non-hydrogen) atoms. The molecule has 0 aliphatic heterocycles. The molecule has 136 valence electrons. The molecule has 0 radical (unpaired) electrons. The van der Waals surface area contributed by atoms with Crippen LogP contribution in [0.2, 0.25) is 0 Å². The summed E-state index contributed by atoms with van der Waals surface area (Å²) in [7, 11) is 2.07. The Morgan fingerprint density at radius 2 is 1.78 bits per heavy atom. The van der Waals surface area contributed by atoms with Gasteiger partial charge in [0.25, 0.3) is 0 Å². The van der Waals surface area contributed by atoms with E-state index in [9.17, 15) is 0 Å². The summed E-state index contributed by atoms with van der Waals surface area (Å²) >= 11 is 0. The largest absolute Gasteiger partial charge is 0.361 e. The maximum absolute atomic E-state index is 5.34. The molecule has 0 atom stereocenters. The van der Waals surface area contributed by atoms with Crippen LogP contribution in [0.3, 0.4) is 0 Å². The number of rotatable bonds is 4. The van der Waals surface area contributed by atoms with Crippen molar-refractivity contribution in [1.82, 2.24) is 20.2 Å². The van der Waals surface area contributed by atoms with Crippen LogP contribution in [0.25, 0.3) is 16.8 Å². The van der Waals surface area contributed by atoms with Crippen LogP contribution in [-0.2, 0) is 0 Å². The highest BCUT2D eigenvalue weighted by Crippen LogP contribution is 2.34. The first-order valence-corrected chi connectivity index (χ1v) is 8.79. The third-order valence-corrected chi connectivity index (χ3v) is 4.82. The van der Waals surface area contributed by atoms with Crippen molar-refractivity contribution < 1.29 is 4.52 Å². The van der Waals surface area contributed by atoms with Gasteiger partial charge in [-0.25, -0.2) is 4.68 Å². The van der Waals surface area contributed by atoms with Crippen molar-refractivity contribution in [3.05, 3.63) is 71.9 Å². The zero-order valence-corrected chi connectivity index (χ0v) is 15.8. The molecule has 0 saturated heterocycles. The second-order valence-corrected chi connectivity index (χ2v) is 6.62. The van der Waals surface area contributed by atoms with Gasteiger partial charge in [0.1, 0.15) is 5.76 Å². The number of aryl methyl sites for hydroxylation is 3. The first-order valence-electron chi connectivity index (χ1n) is 8.79. The summed E-state index contributed by atoms with van der Waals surface area (Å²) in [5, 5.41) is 12.0. The van der Waals surface area contributed by atoms with Gasteiger partial charge >= 0.3 is 0 Å². The molecule has 0 spiro atoms. The molecular formula is C21H21N5O. The summed E-state index contributed by atoms with van der Waals surface area (Å²) in [5.74, 6) is 0.835. The van der Waals surface area contributed by atoms with Gasteiger partial charge in [-0.05, 0) is 62.2 Å². The minimum Gasteiger partial charge on any atom is -0.361 e. The van der Waals surface area contributed by atoms with E-state index in [-0.39, 0.29) is 0 Å². The van der Waals surface area contributed by atoms with Gasteiger partial charge < -0.3 is 9.42 Å². The molecule has 2 aromatic carbocycles. The molecule has 0 amide bonds. The van der Waals surface area contributed by atoms with E-state index in [2.05, 4.69) is 64.7 Å². The van der Waals surface area contributed by atoms with Crippen LogP contribution < -0.4 is 4.90 Å². The maximum atomic E-state index is 5.34. The molecule has 6 heteroatoms. The second-order valence-electron chi connectivity index (χ2n) is 6.62. The van der Waals surface area contributed by atoms with Crippen molar-refractivity contribution in [3.63, 3.8) is 0 Å². The fourth-order valence-corrected chi connectivity index (χ4v) is 3.34. The van der Waals surface area contributed by atoms with Crippen LogP contribution in [0.15, 0.2) is 59.4 Å². The highest BCUT2D eigenvalue weighted by molar-refractivity contribution is 5.76. The number of hydrogen-bond acceptors (Lipinski definition) is 5. The SMILES string of the molecule is Cc1ccc(-c2c(C)noc2C)cc1N(C)c1ccc(-n2ccnn2)cc1. The van der Waals surface area contributed by atoms with E-state index in [1.54, 1.807) is 10.9 Å². The number of anilines is 2. The Balaban J connectivity index is 1.69. The second kappa shape index (κ2) is 6.72. The monoisotopic (exact) mass is 359 g/mol. The molecule has 0 aliphatic rings. The molecule has 0 N–H and O–H groups in total. The minimum absolute atomic E-state index is 0.835. The molecule has 6 nitrogen and oxygen atoms in total. The fourth-order valence-electron chi connectivity index (χ4n) is 3.34. The van der Waals surface area contributed by atoms with E-state index in [1.807, 2.05) is 32.2 Å². The normalized spacial score (nSPS) is 11.0. The molecule has 0 fully saturated rings. The molecular weight excluding hydrogens is 338 g/mol. The summed E-state index contributed by atoms with van der Waals surface area (Å²) in [6.45, 7) is 6.03. The Morgan fingerprint density at radius 3 is 2.41 bits per heavy atom. The molecule has 4 aromatic rings. The van der Waals surface area contributed by atoms with Crippen molar-refractivity contribution in [2.45, 2.75) is 20.8 Å². The smallest absolute Gasteiger partial charge is 0.141 e. The van der Waals surface area contributed by atoms with Crippen LogP contribution in [-0.4, -0.2) is 27.2 Å². The van der Waals surface area contributed by atoms with Gasteiger partial charge in [-0.2, -0.15) is 0 Å². The Labute approximate surface area is 158 Å². The average molecular weight is 359 g/mol. The number of benzene rings is 2. The summed E-state index contributed by atoms with van der Waals surface area (Å²) in [6, 6.07) is 14.7. The van der Waals surface area contributed by atoms with Crippen molar-refractivity contribution in [1.29, 1.82) is 0 Å². The van der Waals surface area contributed by atoms with E-state index in [0.717, 1.165) is 39.6 Å². The predicted octanol–water partition coefficient (Wildman–Crippen LogP) is 4.62. The lowest BCUT2D eigenvalue weighted by Gasteiger charge is -2.23. The molecule has 0 unspecified atom stereocenters. The zero-order valence-electron chi connectivity index (χ0n) is 15.8. The topological polar surface area (TPSA) is 60.0 Å².